The molecule has 0 amide bonds. The van der Waals surface area contributed by atoms with Gasteiger partial charge in [-0.3, -0.25) is 4.57 Å². The summed E-state index contributed by atoms with van der Waals surface area (Å²) in [6, 6.07) is 13.0. The van der Waals surface area contributed by atoms with Gasteiger partial charge in [-0.2, -0.15) is 5.11 Å². The molecular formula is C16H19N2O3P. The van der Waals surface area contributed by atoms with Crippen molar-refractivity contribution in [3.05, 3.63) is 53.6 Å². The Morgan fingerprint density at radius 1 is 0.864 bits per heavy atom. The molecule has 22 heavy (non-hydrogen) atoms. The Bertz CT molecular complexity index is 736. The third-order valence-electron chi connectivity index (χ3n) is 3.37. The Morgan fingerprint density at radius 3 is 2.14 bits per heavy atom. The number of benzene rings is 2. The fourth-order valence-corrected chi connectivity index (χ4v) is 3.34. The van der Waals surface area contributed by atoms with E-state index in [1.54, 1.807) is 12.1 Å². The van der Waals surface area contributed by atoms with Gasteiger partial charge in [0.05, 0.1) is 11.0 Å². The van der Waals surface area contributed by atoms with E-state index in [4.69, 9.17) is 9.05 Å². The summed E-state index contributed by atoms with van der Waals surface area (Å²) in [5.41, 5.74) is 3.14. The van der Waals surface area contributed by atoms with Crippen LogP contribution in [0, 0.1) is 13.8 Å². The summed E-state index contributed by atoms with van der Waals surface area (Å²) in [4.78, 5) is 0. The van der Waals surface area contributed by atoms with Crippen molar-refractivity contribution in [3.8, 4) is 0 Å². The average Bonchev–Trinajstić information content (AvgIpc) is 2.54. The summed E-state index contributed by atoms with van der Waals surface area (Å²) < 4.78 is 22.8. The molecule has 6 heteroatoms. The highest BCUT2D eigenvalue weighted by Gasteiger charge is 2.28. The van der Waals surface area contributed by atoms with Crippen LogP contribution in [0.25, 0.3) is 0 Å². The van der Waals surface area contributed by atoms with Crippen LogP contribution < -0.4 is 5.30 Å². The van der Waals surface area contributed by atoms with Crippen molar-refractivity contribution in [2.45, 2.75) is 13.8 Å². The molecule has 0 unspecified atom stereocenters. The molecule has 0 heterocycles. The third-order valence-corrected chi connectivity index (χ3v) is 5.28. The Balaban J connectivity index is 2.52. The molecule has 2 aromatic rings. The molecule has 0 spiro atoms. The van der Waals surface area contributed by atoms with Crippen LogP contribution in [0.2, 0.25) is 0 Å². The van der Waals surface area contributed by atoms with E-state index in [0.717, 1.165) is 16.8 Å². The molecule has 5 nitrogen and oxygen atoms in total. The topological polar surface area (TPSA) is 60.2 Å². The van der Waals surface area contributed by atoms with Gasteiger partial charge in [-0.15, -0.1) is 5.11 Å². The van der Waals surface area contributed by atoms with Gasteiger partial charge in [-0.05, 0) is 37.1 Å². The predicted octanol–water partition coefficient (Wildman–Crippen LogP) is 4.83. The number of azo groups is 1. The Kier molecular flexibility index (Phi) is 5.24. The van der Waals surface area contributed by atoms with Gasteiger partial charge >= 0.3 is 7.60 Å². The van der Waals surface area contributed by atoms with Gasteiger partial charge in [-0.1, -0.05) is 30.3 Å². The normalized spacial score (nSPS) is 12.0. The van der Waals surface area contributed by atoms with Gasteiger partial charge in [0.25, 0.3) is 0 Å². The molecule has 116 valence electrons. The summed E-state index contributed by atoms with van der Waals surface area (Å²) >= 11 is 0. The molecule has 0 saturated heterocycles. The van der Waals surface area contributed by atoms with Crippen LogP contribution in [-0.2, 0) is 13.6 Å². The maximum Gasteiger partial charge on any atom is 0.363 e. The van der Waals surface area contributed by atoms with Crippen molar-refractivity contribution in [1.82, 2.24) is 0 Å². The lowest BCUT2D eigenvalue weighted by Gasteiger charge is -2.16. The molecule has 0 radical (unpaired) electrons. The first-order chi connectivity index (χ1) is 10.5. The number of hydrogen-bond acceptors (Lipinski definition) is 5. The van der Waals surface area contributed by atoms with E-state index >= 15 is 0 Å². The van der Waals surface area contributed by atoms with E-state index in [-0.39, 0.29) is 0 Å². The van der Waals surface area contributed by atoms with Crippen LogP contribution in [0.5, 0.6) is 0 Å². The van der Waals surface area contributed by atoms with Crippen LogP contribution in [0.3, 0.4) is 0 Å². The van der Waals surface area contributed by atoms with Crippen molar-refractivity contribution in [2.75, 3.05) is 14.2 Å². The second-order valence-electron chi connectivity index (χ2n) is 4.79. The molecule has 0 aliphatic rings. The zero-order chi connectivity index (χ0) is 16.2. The molecule has 0 aromatic heterocycles. The van der Waals surface area contributed by atoms with E-state index < -0.39 is 7.60 Å². The minimum absolute atomic E-state index is 0.412. The van der Waals surface area contributed by atoms with Gasteiger partial charge in [-0.25, -0.2) is 0 Å². The molecule has 0 bridgehead atoms. The van der Waals surface area contributed by atoms with Crippen molar-refractivity contribution >= 4 is 24.3 Å². The Labute approximate surface area is 130 Å². The van der Waals surface area contributed by atoms with E-state index in [0.29, 0.717) is 11.0 Å². The highest BCUT2D eigenvalue weighted by atomic mass is 31.2. The summed E-state index contributed by atoms with van der Waals surface area (Å²) in [6.07, 6.45) is 0. The monoisotopic (exact) mass is 318 g/mol. The Hall–Kier alpha value is -1.81. The van der Waals surface area contributed by atoms with Gasteiger partial charge in [0.2, 0.25) is 0 Å². The van der Waals surface area contributed by atoms with E-state index in [2.05, 4.69) is 10.2 Å². The van der Waals surface area contributed by atoms with Crippen LogP contribution in [0.4, 0.5) is 11.4 Å². The van der Waals surface area contributed by atoms with Crippen LogP contribution >= 0.6 is 7.60 Å². The molecule has 0 atom stereocenters. The van der Waals surface area contributed by atoms with Gasteiger partial charge < -0.3 is 9.05 Å². The Morgan fingerprint density at radius 2 is 1.50 bits per heavy atom. The maximum atomic E-state index is 12.7. The smallest absolute Gasteiger partial charge is 0.309 e. The third kappa shape index (κ3) is 3.33. The minimum atomic E-state index is -3.38. The molecule has 2 aromatic carbocycles. The molecule has 2 rings (SSSR count). The van der Waals surface area contributed by atoms with E-state index in [9.17, 15) is 4.57 Å². The van der Waals surface area contributed by atoms with Gasteiger partial charge in [0, 0.05) is 14.2 Å². The van der Waals surface area contributed by atoms with Crippen molar-refractivity contribution < 1.29 is 13.6 Å². The van der Waals surface area contributed by atoms with E-state index in [1.807, 2.05) is 44.2 Å². The van der Waals surface area contributed by atoms with Gasteiger partial charge in [0.15, 0.2) is 0 Å². The van der Waals surface area contributed by atoms with Crippen LogP contribution in [-0.4, -0.2) is 14.2 Å². The van der Waals surface area contributed by atoms with Crippen molar-refractivity contribution in [2.24, 2.45) is 10.2 Å². The highest BCUT2D eigenvalue weighted by molar-refractivity contribution is 7.62. The van der Waals surface area contributed by atoms with Gasteiger partial charge in [0.1, 0.15) is 5.69 Å². The largest absolute Gasteiger partial charge is 0.363 e. The molecule has 0 saturated carbocycles. The standard InChI is InChI=1S/C16H19N2O3P/c1-12-8-5-6-10-14(12)17-18-16-13(2)9-7-11-15(16)22(19,20-3)21-4/h5-11H,1-4H3. The first kappa shape index (κ1) is 16.6. The zero-order valence-electron chi connectivity index (χ0n) is 13.1. The number of hydrogen-bond donors (Lipinski definition) is 0. The molecule has 0 N–H and O–H groups in total. The lowest BCUT2D eigenvalue weighted by atomic mass is 10.2. The first-order valence-corrected chi connectivity index (χ1v) is 8.35. The number of nitrogens with zero attached hydrogens (tertiary/aromatic N) is 2. The molecule has 0 aliphatic heterocycles. The zero-order valence-corrected chi connectivity index (χ0v) is 14.0. The number of rotatable bonds is 5. The average molecular weight is 318 g/mol. The summed E-state index contributed by atoms with van der Waals surface area (Å²) in [7, 11) is -0.673. The lowest BCUT2D eigenvalue weighted by molar-refractivity contribution is 0.287. The first-order valence-electron chi connectivity index (χ1n) is 6.81. The summed E-state index contributed by atoms with van der Waals surface area (Å²) in [5, 5.41) is 8.98. The second-order valence-corrected chi connectivity index (χ2v) is 7.00. The number of aryl methyl sites for hydroxylation is 2. The fraction of sp³-hybridized carbons (Fsp3) is 0.250. The van der Waals surface area contributed by atoms with Crippen molar-refractivity contribution in [3.63, 3.8) is 0 Å². The maximum absolute atomic E-state index is 12.7. The molecule has 0 aliphatic carbocycles. The summed E-state index contributed by atoms with van der Waals surface area (Å²) in [5.74, 6) is 0. The second kappa shape index (κ2) is 6.97. The SMILES string of the molecule is COP(=O)(OC)c1cccc(C)c1N=Nc1ccccc1C. The van der Waals surface area contributed by atoms with Crippen molar-refractivity contribution in [1.29, 1.82) is 0 Å². The van der Waals surface area contributed by atoms with Crippen LogP contribution in [0.1, 0.15) is 11.1 Å². The summed E-state index contributed by atoms with van der Waals surface area (Å²) in [6.45, 7) is 3.84. The minimum Gasteiger partial charge on any atom is -0.309 e. The molecular weight excluding hydrogens is 299 g/mol. The predicted molar refractivity (Wildman–Crippen MR) is 87.8 cm³/mol. The highest BCUT2D eigenvalue weighted by Crippen LogP contribution is 2.48. The lowest BCUT2D eigenvalue weighted by Crippen LogP contribution is -2.09. The van der Waals surface area contributed by atoms with Crippen LogP contribution in [0.15, 0.2) is 52.7 Å². The van der Waals surface area contributed by atoms with E-state index in [1.165, 1.54) is 14.2 Å². The fourth-order valence-electron chi connectivity index (χ4n) is 2.05. The molecule has 0 fully saturated rings. The quantitative estimate of drug-likeness (QED) is 0.586.